The Morgan fingerprint density at radius 2 is 1.94 bits per heavy atom. The molecule has 5 heteroatoms. The van der Waals surface area contributed by atoms with Crippen molar-refractivity contribution in [2.45, 2.75) is 39.7 Å². The molecule has 0 aromatic heterocycles. The van der Waals surface area contributed by atoms with Crippen LogP contribution in [0.25, 0.3) is 0 Å². The first-order chi connectivity index (χ1) is 8.35. The van der Waals surface area contributed by atoms with Crippen LogP contribution in [0.5, 0.6) is 0 Å². The molecule has 0 spiro atoms. The maximum Gasteiger partial charge on any atom is 0.315 e. The third-order valence-corrected chi connectivity index (χ3v) is 2.42. The van der Waals surface area contributed by atoms with E-state index in [9.17, 15) is 9.59 Å². The van der Waals surface area contributed by atoms with Gasteiger partial charge in [0.2, 0.25) is 0 Å². The van der Waals surface area contributed by atoms with E-state index >= 15 is 0 Å². The van der Waals surface area contributed by atoms with E-state index < -0.39 is 5.97 Å². The lowest BCUT2D eigenvalue weighted by molar-refractivity contribution is -0.138. The molecular formula is C13H22N2O3. The molecule has 0 fully saturated rings. The summed E-state index contributed by atoms with van der Waals surface area (Å²) in [6.07, 6.45) is 5.96. The van der Waals surface area contributed by atoms with Crippen molar-refractivity contribution in [3.8, 4) is 12.3 Å². The summed E-state index contributed by atoms with van der Waals surface area (Å²) in [4.78, 5) is 22.1. The topological polar surface area (TPSA) is 78.4 Å². The normalized spacial score (nSPS) is 13.5. The summed E-state index contributed by atoms with van der Waals surface area (Å²) < 4.78 is 0. The second kappa shape index (κ2) is 8.40. The first-order valence-corrected chi connectivity index (χ1v) is 6.07. The highest BCUT2D eigenvalue weighted by Gasteiger charge is 2.16. The number of nitrogens with one attached hydrogen (secondary N) is 2. The fourth-order valence-electron chi connectivity index (χ4n) is 1.68. The van der Waals surface area contributed by atoms with Gasteiger partial charge in [-0.1, -0.05) is 19.8 Å². The standard InChI is InChI=1S/C13H22N2O3/c1-5-10(4)15-13(18)14-8-11(6-9(2)3)7-12(16)17/h1,9-11H,6-8H2,2-4H3,(H,16,17)(H2,14,15,18). The summed E-state index contributed by atoms with van der Waals surface area (Å²) in [5.74, 6) is 1.87. The molecule has 5 nitrogen and oxygen atoms in total. The van der Waals surface area contributed by atoms with Gasteiger partial charge in [-0.05, 0) is 25.2 Å². The lowest BCUT2D eigenvalue weighted by atomic mass is 9.94. The molecule has 102 valence electrons. The molecule has 2 atom stereocenters. The van der Waals surface area contributed by atoms with E-state index in [4.69, 9.17) is 11.5 Å². The van der Waals surface area contributed by atoms with Crippen LogP contribution in [0.4, 0.5) is 4.79 Å². The third-order valence-electron chi connectivity index (χ3n) is 2.42. The predicted molar refractivity (Wildman–Crippen MR) is 70.0 cm³/mol. The van der Waals surface area contributed by atoms with Gasteiger partial charge in [-0.15, -0.1) is 6.42 Å². The lowest BCUT2D eigenvalue weighted by Gasteiger charge is -2.18. The Balaban J connectivity index is 4.13. The van der Waals surface area contributed by atoms with Gasteiger partial charge >= 0.3 is 12.0 Å². The van der Waals surface area contributed by atoms with Crippen molar-refractivity contribution in [2.75, 3.05) is 6.54 Å². The molecule has 2 amide bonds. The molecule has 2 unspecified atom stereocenters. The van der Waals surface area contributed by atoms with Crippen molar-refractivity contribution in [3.63, 3.8) is 0 Å². The zero-order chi connectivity index (χ0) is 14.1. The minimum absolute atomic E-state index is 0.0587. The molecule has 0 rings (SSSR count). The zero-order valence-electron chi connectivity index (χ0n) is 11.2. The number of urea groups is 1. The van der Waals surface area contributed by atoms with Crippen molar-refractivity contribution >= 4 is 12.0 Å². The molecule has 0 aliphatic carbocycles. The van der Waals surface area contributed by atoms with Crippen LogP contribution in [0.15, 0.2) is 0 Å². The van der Waals surface area contributed by atoms with Gasteiger partial charge in [0.25, 0.3) is 0 Å². The van der Waals surface area contributed by atoms with E-state index in [1.807, 2.05) is 13.8 Å². The summed E-state index contributed by atoms with van der Waals surface area (Å²) >= 11 is 0. The smallest absolute Gasteiger partial charge is 0.315 e. The van der Waals surface area contributed by atoms with Gasteiger partial charge in [0.05, 0.1) is 6.04 Å². The van der Waals surface area contributed by atoms with Gasteiger partial charge in [0, 0.05) is 13.0 Å². The number of carbonyl (C=O) groups is 2. The fourth-order valence-corrected chi connectivity index (χ4v) is 1.68. The van der Waals surface area contributed by atoms with E-state index in [0.717, 1.165) is 6.42 Å². The number of terminal acetylenes is 1. The zero-order valence-corrected chi connectivity index (χ0v) is 11.2. The third kappa shape index (κ3) is 8.45. The second-order valence-electron chi connectivity index (χ2n) is 4.84. The van der Waals surface area contributed by atoms with E-state index in [1.54, 1.807) is 6.92 Å². The minimum atomic E-state index is -0.847. The number of carboxylic acids is 1. The molecule has 0 saturated heterocycles. The van der Waals surface area contributed by atoms with Crippen molar-refractivity contribution in [3.05, 3.63) is 0 Å². The average Bonchev–Trinajstić information content (AvgIpc) is 2.24. The van der Waals surface area contributed by atoms with Crippen LogP contribution in [0.3, 0.4) is 0 Å². The highest BCUT2D eigenvalue weighted by atomic mass is 16.4. The Kier molecular flexibility index (Phi) is 7.61. The quantitative estimate of drug-likeness (QED) is 0.602. The summed E-state index contributed by atoms with van der Waals surface area (Å²) in [6.45, 7) is 6.08. The molecule has 3 N–H and O–H groups in total. The maximum atomic E-state index is 11.4. The number of carboxylic acid groups (broad SMARTS) is 1. The van der Waals surface area contributed by atoms with Crippen LogP contribution in [0, 0.1) is 24.2 Å². The predicted octanol–water partition coefficient (Wildman–Crippen LogP) is 1.44. The number of carbonyl (C=O) groups excluding carboxylic acids is 1. The molecule has 0 aliphatic rings. The largest absolute Gasteiger partial charge is 0.481 e. The number of hydrogen-bond acceptors (Lipinski definition) is 2. The highest BCUT2D eigenvalue weighted by Crippen LogP contribution is 2.14. The molecule has 0 radical (unpaired) electrons. The van der Waals surface area contributed by atoms with Gasteiger partial charge in [-0.25, -0.2) is 4.79 Å². The van der Waals surface area contributed by atoms with Gasteiger partial charge in [-0.3, -0.25) is 4.79 Å². The average molecular weight is 254 g/mol. The molecule has 0 heterocycles. The molecular weight excluding hydrogens is 232 g/mol. The van der Waals surface area contributed by atoms with E-state index in [-0.39, 0.29) is 24.4 Å². The van der Waals surface area contributed by atoms with Crippen molar-refractivity contribution in [1.82, 2.24) is 10.6 Å². The Labute approximate surface area is 108 Å². The van der Waals surface area contributed by atoms with Crippen LogP contribution >= 0.6 is 0 Å². The van der Waals surface area contributed by atoms with Crippen LogP contribution in [0.1, 0.15) is 33.6 Å². The van der Waals surface area contributed by atoms with Gasteiger partial charge < -0.3 is 15.7 Å². The summed E-state index contributed by atoms with van der Waals surface area (Å²) in [7, 11) is 0. The van der Waals surface area contributed by atoms with Gasteiger partial charge in [0.1, 0.15) is 0 Å². The molecule has 18 heavy (non-hydrogen) atoms. The first-order valence-electron chi connectivity index (χ1n) is 6.07. The maximum absolute atomic E-state index is 11.4. The lowest BCUT2D eigenvalue weighted by Crippen LogP contribution is -2.42. The number of aliphatic carboxylic acids is 1. The Morgan fingerprint density at radius 1 is 1.33 bits per heavy atom. The van der Waals surface area contributed by atoms with Crippen molar-refractivity contribution < 1.29 is 14.7 Å². The van der Waals surface area contributed by atoms with Crippen LogP contribution in [0.2, 0.25) is 0 Å². The number of hydrogen-bond donors (Lipinski definition) is 3. The molecule has 0 aromatic rings. The van der Waals surface area contributed by atoms with Gasteiger partial charge in [0.15, 0.2) is 0 Å². The SMILES string of the molecule is C#CC(C)NC(=O)NCC(CC(=O)O)CC(C)C. The Morgan fingerprint density at radius 3 is 2.39 bits per heavy atom. The fraction of sp³-hybridized carbons (Fsp3) is 0.692. The summed E-state index contributed by atoms with van der Waals surface area (Å²) in [5, 5.41) is 14.0. The minimum Gasteiger partial charge on any atom is -0.481 e. The van der Waals surface area contributed by atoms with E-state index in [0.29, 0.717) is 12.5 Å². The van der Waals surface area contributed by atoms with Crippen molar-refractivity contribution in [2.24, 2.45) is 11.8 Å². The first kappa shape index (κ1) is 16.3. The molecule has 0 bridgehead atoms. The van der Waals surface area contributed by atoms with E-state index in [2.05, 4.69) is 16.6 Å². The number of amides is 2. The van der Waals surface area contributed by atoms with Gasteiger partial charge in [-0.2, -0.15) is 0 Å². The van der Waals surface area contributed by atoms with Crippen LogP contribution in [-0.4, -0.2) is 29.7 Å². The van der Waals surface area contributed by atoms with Crippen LogP contribution < -0.4 is 10.6 Å². The summed E-state index contributed by atoms with van der Waals surface area (Å²) in [6, 6.07) is -0.701. The monoisotopic (exact) mass is 254 g/mol. The van der Waals surface area contributed by atoms with Crippen molar-refractivity contribution in [1.29, 1.82) is 0 Å². The molecule has 0 aromatic carbocycles. The Hall–Kier alpha value is -1.70. The van der Waals surface area contributed by atoms with E-state index in [1.165, 1.54) is 0 Å². The Bertz CT molecular complexity index is 321. The molecule has 0 saturated carbocycles. The highest BCUT2D eigenvalue weighted by molar-refractivity contribution is 5.74. The summed E-state index contributed by atoms with van der Waals surface area (Å²) in [5.41, 5.74) is 0. The van der Waals surface area contributed by atoms with Crippen LogP contribution in [-0.2, 0) is 4.79 Å². The number of rotatable bonds is 7. The second-order valence-corrected chi connectivity index (χ2v) is 4.84. The molecule has 0 aliphatic heterocycles.